The molecule has 3 nitrogen and oxygen atoms in total. The maximum atomic E-state index is 10.9. The van der Waals surface area contributed by atoms with Gasteiger partial charge in [-0.3, -0.25) is 9.78 Å². The van der Waals surface area contributed by atoms with Gasteiger partial charge in [0, 0.05) is 10.7 Å². The van der Waals surface area contributed by atoms with Crippen molar-refractivity contribution in [3.05, 3.63) is 28.5 Å². The Morgan fingerprint density at radius 1 is 1.67 bits per heavy atom. The average Bonchev–Trinajstić information content (AvgIpc) is 2.09. The molecule has 4 heteroatoms. The maximum Gasteiger partial charge on any atom is 0.152 e. The molecule has 2 N–H and O–H groups in total. The van der Waals surface area contributed by atoms with Crippen LogP contribution >= 0.6 is 15.9 Å². The van der Waals surface area contributed by atoms with Gasteiger partial charge in [0.25, 0.3) is 0 Å². The second-order valence-corrected chi connectivity index (χ2v) is 3.21. The topological polar surface area (TPSA) is 56.0 Å². The fraction of sp³-hybridized carbons (Fsp3) is 0.250. The molecule has 0 aliphatic rings. The lowest BCUT2D eigenvalue weighted by atomic mass is 10.2. The predicted octanol–water partition coefficient (Wildman–Crippen LogP) is 0.914. The molecular weight excluding hydrogens is 220 g/mol. The molecule has 0 bridgehead atoms. The molecule has 1 aromatic heterocycles. The number of nitrogens with two attached hydrogens (primary N) is 1. The first kappa shape index (κ1) is 9.35. The zero-order valence-electron chi connectivity index (χ0n) is 6.46. The number of hydrogen-bond donors (Lipinski definition) is 1. The summed E-state index contributed by atoms with van der Waals surface area (Å²) in [6, 6.07) is 3.66. The van der Waals surface area contributed by atoms with Crippen LogP contribution in [0, 0.1) is 0 Å². The standard InChI is InChI=1S/C8H9BrN2O/c9-7-2-1-3-11-8(7)4-6(12)5-10/h1-3H,4-5,10H2. The quantitative estimate of drug-likeness (QED) is 0.838. The summed E-state index contributed by atoms with van der Waals surface area (Å²) in [5.41, 5.74) is 5.92. The summed E-state index contributed by atoms with van der Waals surface area (Å²) in [6.45, 7) is 0.0724. The molecule has 0 atom stereocenters. The fourth-order valence-electron chi connectivity index (χ4n) is 0.807. The van der Waals surface area contributed by atoms with E-state index in [0.717, 1.165) is 10.2 Å². The number of nitrogens with zero attached hydrogens (tertiary/aromatic N) is 1. The summed E-state index contributed by atoms with van der Waals surface area (Å²) in [5, 5.41) is 0. The molecule has 0 spiro atoms. The third-order valence-corrected chi connectivity index (χ3v) is 2.15. The average molecular weight is 229 g/mol. The number of rotatable bonds is 3. The van der Waals surface area contributed by atoms with E-state index in [2.05, 4.69) is 20.9 Å². The molecule has 0 aliphatic carbocycles. The number of carbonyl (C=O) groups is 1. The van der Waals surface area contributed by atoms with Crippen molar-refractivity contribution in [2.45, 2.75) is 6.42 Å². The number of aromatic nitrogens is 1. The van der Waals surface area contributed by atoms with Gasteiger partial charge in [-0.2, -0.15) is 0 Å². The molecule has 0 aliphatic heterocycles. The van der Waals surface area contributed by atoms with E-state index in [4.69, 9.17) is 5.73 Å². The van der Waals surface area contributed by atoms with Gasteiger partial charge in [-0.1, -0.05) is 0 Å². The summed E-state index contributed by atoms with van der Waals surface area (Å²) < 4.78 is 0.854. The summed E-state index contributed by atoms with van der Waals surface area (Å²) in [4.78, 5) is 15.0. The minimum atomic E-state index is -0.00519. The zero-order valence-corrected chi connectivity index (χ0v) is 8.04. The highest BCUT2D eigenvalue weighted by molar-refractivity contribution is 9.10. The van der Waals surface area contributed by atoms with Gasteiger partial charge >= 0.3 is 0 Å². The first-order valence-electron chi connectivity index (χ1n) is 3.55. The molecule has 0 saturated carbocycles. The van der Waals surface area contributed by atoms with Gasteiger partial charge in [0.1, 0.15) is 0 Å². The third-order valence-electron chi connectivity index (χ3n) is 1.43. The summed E-state index contributed by atoms with van der Waals surface area (Å²) in [5.74, 6) is -0.00519. The second-order valence-electron chi connectivity index (χ2n) is 2.35. The van der Waals surface area contributed by atoms with Crippen LogP contribution in [0.1, 0.15) is 5.69 Å². The Kier molecular flexibility index (Phi) is 3.37. The SMILES string of the molecule is NCC(=O)Cc1ncccc1Br. The lowest BCUT2D eigenvalue weighted by Crippen LogP contribution is -2.16. The van der Waals surface area contributed by atoms with E-state index in [-0.39, 0.29) is 12.3 Å². The molecule has 1 heterocycles. The van der Waals surface area contributed by atoms with Gasteiger partial charge in [0.15, 0.2) is 5.78 Å². The van der Waals surface area contributed by atoms with Gasteiger partial charge in [-0.25, -0.2) is 0 Å². The summed E-state index contributed by atoms with van der Waals surface area (Å²) in [6.07, 6.45) is 1.96. The van der Waals surface area contributed by atoms with E-state index < -0.39 is 0 Å². The van der Waals surface area contributed by atoms with Gasteiger partial charge in [-0.05, 0) is 28.1 Å². The number of hydrogen-bond acceptors (Lipinski definition) is 3. The lowest BCUT2D eigenvalue weighted by molar-refractivity contribution is -0.117. The predicted molar refractivity (Wildman–Crippen MR) is 49.7 cm³/mol. The van der Waals surface area contributed by atoms with Crippen LogP contribution in [0.15, 0.2) is 22.8 Å². The van der Waals surface area contributed by atoms with Crippen LogP contribution in [0.3, 0.4) is 0 Å². The first-order chi connectivity index (χ1) is 5.74. The Balaban J connectivity index is 2.75. The molecule has 0 unspecified atom stereocenters. The molecule has 1 aromatic rings. The van der Waals surface area contributed by atoms with Gasteiger partial charge in [0.05, 0.1) is 18.7 Å². The highest BCUT2D eigenvalue weighted by Crippen LogP contribution is 2.13. The Labute approximate surface area is 79.1 Å². The smallest absolute Gasteiger partial charge is 0.152 e. The van der Waals surface area contributed by atoms with Crippen LogP contribution < -0.4 is 5.73 Å². The lowest BCUT2D eigenvalue weighted by Gasteiger charge is -1.99. The van der Waals surface area contributed by atoms with Crippen LogP contribution in [-0.2, 0) is 11.2 Å². The molecule has 1 rings (SSSR count). The maximum absolute atomic E-state index is 10.9. The van der Waals surface area contributed by atoms with Crippen LogP contribution in [-0.4, -0.2) is 17.3 Å². The van der Waals surface area contributed by atoms with E-state index >= 15 is 0 Å². The van der Waals surface area contributed by atoms with Crippen molar-refractivity contribution in [1.82, 2.24) is 4.98 Å². The highest BCUT2D eigenvalue weighted by Gasteiger charge is 2.04. The van der Waals surface area contributed by atoms with Crippen molar-refractivity contribution in [2.75, 3.05) is 6.54 Å². The van der Waals surface area contributed by atoms with Gasteiger partial charge in [-0.15, -0.1) is 0 Å². The number of ketones is 1. The monoisotopic (exact) mass is 228 g/mol. The number of pyridine rings is 1. The van der Waals surface area contributed by atoms with Crippen LogP contribution in [0.5, 0.6) is 0 Å². The Hall–Kier alpha value is -0.740. The van der Waals surface area contributed by atoms with Crippen molar-refractivity contribution in [1.29, 1.82) is 0 Å². The molecular formula is C8H9BrN2O. The minimum Gasteiger partial charge on any atom is -0.324 e. The fourth-order valence-corrected chi connectivity index (χ4v) is 1.20. The molecule has 12 heavy (non-hydrogen) atoms. The Morgan fingerprint density at radius 3 is 3.00 bits per heavy atom. The van der Waals surface area contributed by atoms with Crippen molar-refractivity contribution >= 4 is 21.7 Å². The third kappa shape index (κ3) is 2.39. The number of carbonyl (C=O) groups excluding carboxylic acids is 1. The van der Waals surface area contributed by atoms with Crippen molar-refractivity contribution in [2.24, 2.45) is 5.73 Å². The number of Topliss-reactive ketones (excluding diaryl/α,β-unsaturated/α-hetero) is 1. The van der Waals surface area contributed by atoms with Gasteiger partial charge < -0.3 is 5.73 Å². The van der Waals surface area contributed by atoms with E-state index in [1.807, 2.05) is 6.07 Å². The normalized spacial score (nSPS) is 9.83. The van der Waals surface area contributed by atoms with Crippen LogP contribution in [0.2, 0.25) is 0 Å². The van der Waals surface area contributed by atoms with Crippen molar-refractivity contribution in [3.8, 4) is 0 Å². The van der Waals surface area contributed by atoms with Crippen molar-refractivity contribution in [3.63, 3.8) is 0 Å². The van der Waals surface area contributed by atoms with Crippen LogP contribution in [0.4, 0.5) is 0 Å². The van der Waals surface area contributed by atoms with Gasteiger partial charge in [0.2, 0.25) is 0 Å². The summed E-state index contributed by atoms with van der Waals surface area (Å²) >= 11 is 3.30. The first-order valence-corrected chi connectivity index (χ1v) is 4.34. The second kappa shape index (κ2) is 4.33. The molecule has 0 radical (unpaired) electrons. The number of halogens is 1. The molecule has 0 saturated heterocycles. The molecule has 0 aromatic carbocycles. The van der Waals surface area contributed by atoms with E-state index in [1.165, 1.54) is 0 Å². The largest absolute Gasteiger partial charge is 0.324 e. The highest BCUT2D eigenvalue weighted by atomic mass is 79.9. The van der Waals surface area contributed by atoms with Crippen LogP contribution in [0.25, 0.3) is 0 Å². The zero-order chi connectivity index (χ0) is 8.97. The molecule has 64 valence electrons. The Morgan fingerprint density at radius 2 is 2.42 bits per heavy atom. The van der Waals surface area contributed by atoms with E-state index in [0.29, 0.717) is 6.42 Å². The molecule has 0 fully saturated rings. The Bertz CT molecular complexity index is 288. The molecule has 0 amide bonds. The summed E-state index contributed by atoms with van der Waals surface area (Å²) in [7, 11) is 0. The van der Waals surface area contributed by atoms with E-state index in [1.54, 1.807) is 12.3 Å². The van der Waals surface area contributed by atoms with E-state index in [9.17, 15) is 4.79 Å². The minimum absolute atomic E-state index is 0.00519. The van der Waals surface area contributed by atoms with Crippen molar-refractivity contribution < 1.29 is 4.79 Å².